The van der Waals surface area contributed by atoms with E-state index in [-0.39, 0.29) is 0 Å². The number of hydrogen-bond donors (Lipinski definition) is 0. The van der Waals surface area contributed by atoms with Crippen molar-refractivity contribution in [3.05, 3.63) is 134 Å². The summed E-state index contributed by atoms with van der Waals surface area (Å²) in [5, 5.41) is 2.07. The maximum atomic E-state index is 4.83. The van der Waals surface area contributed by atoms with Gasteiger partial charge in [-0.05, 0) is 58.7 Å². The van der Waals surface area contributed by atoms with Crippen LogP contribution in [0.1, 0.15) is 0 Å². The number of hydrogen-bond acceptors (Lipinski definition) is 4. The van der Waals surface area contributed by atoms with E-state index in [0.717, 1.165) is 55.4 Å². The highest BCUT2D eigenvalue weighted by atomic mass is 14.8. The Morgan fingerprint density at radius 3 is 1.24 bits per heavy atom. The molecule has 0 bridgehead atoms. The molecule has 0 aliphatic carbocycles. The zero-order valence-electron chi connectivity index (χ0n) is 20.5. The van der Waals surface area contributed by atoms with Gasteiger partial charge in [-0.1, -0.05) is 72.8 Å². The second-order valence-corrected chi connectivity index (χ2v) is 9.25. The third-order valence-corrected chi connectivity index (χ3v) is 6.83. The fraction of sp³-hybridized carbons (Fsp3) is 0. The van der Waals surface area contributed by atoms with Crippen LogP contribution in [0.2, 0.25) is 0 Å². The molecule has 0 saturated carbocycles. The molecular weight excluding hydrogens is 464 g/mol. The van der Waals surface area contributed by atoms with E-state index in [2.05, 4.69) is 70.6 Å². The SMILES string of the molecule is c1ccc(-c2ccnc(-c3cnc4c(ccc5cc(-c6cc(-c7ccccc7)ccn6)cnc54)c3)c2)cc1. The molecule has 0 amide bonds. The molecule has 3 aromatic carbocycles. The summed E-state index contributed by atoms with van der Waals surface area (Å²) in [6.45, 7) is 0. The van der Waals surface area contributed by atoms with Gasteiger partial charge in [0.1, 0.15) is 0 Å². The standard InChI is InChI=1S/C34H22N4/c1-3-7-23(8-4-1)25-13-15-35-31(19-25)29-17-27-11-12-28-18-30(22-38-34(28)33(27)37-21-29)32-20-26(14-16-36-32)24-9-5-2-6-10-24/h1-22H. The van der Waals surface area contributed by atoms with Crippen molar-refractivity contribution in [3.63, 3.8) is 0 Å². The van der Waals surface area contributed by atoms with Gasteiger partial charge in [0.05, 0.1) is 22.4 Å². The van der Waals surface area contributed by atoms with Gasteiger partial charge >= 0.3 is 0 Å². The normalized spacial score (nSPS) is 11.2. The summed E-state index contributed by atoms with van der Waals surface area (Å²) in [7, 11) is 0. The summed E-state index contributed by atoms with van der Waals surface area (Å²) in [6, 6.07) is 37.5. The van der Waals surface area contributed by atoms with Crippen LogP contribution < -0.4 is 0 Å². The molecule has 178 valence electrons. The molecule has 0 spiro atoms. The number of aromatic nitrogens is 4. The molecule has 0 atom stereocenters. The minimum atomic E-state index is 0.878. The lowest BCUT2D eigenvalue weighted by molar-refractivity contribution is 1.30. The molecule has 7 aromatic rings. The van der Waals surface area contributed by atoms with Gasteiger partial charge in [0.15, 0.2) is 0 Å². The lowest BCUT2D eigenvalue weighted by Crippen LogP contribution is -1.91. The third kappa shape index (κ3) is 4.08. The fourth-order valence-electron chi connectivity index (χ4n) is 4.87. The number of nitrogens with zero attached hydrogens (tertiary/aromatic N) is 4. The summed E-state index contributed by atoms with van der Waals surface area (Å²) >= 11 is 0. The van der Waals surface area contributed by atoms with Gasteiger partial charge < -0.3 is 0 Å². The van der Waals surface area contributed by atoms with Gasteiger partial charge in [0, 0.05) is 46.7 Å². The first-order chi connectivity index (χ1) is 18.8. The minimum absolute atomic E-state index is 0.878. The van der Waals surface area contributed by atoms with Gasteiger partial charge in [-0.25, -0.2) is 0 Å². The molecule has 7 rings (SSSR count). The highest BCUT2D eigenvalue weighted by molar-refractivity contribution is 6.04. The molecule has 4 aromatic heterocycles. The third-order valence-electron chi connectivity index (χ3n) is 6.83. The van der Waals surface area contributed by atoms with Gasteiger partial charge in [0.25, 0.3) is 0 Å². The van der Waals surface area contributed by atoms with Crippen molar-refractivity contribution in [2.75, 3.05) is 0 Å². The predicted octanol–water partition coefficient (Wildman–Crippen LogP) is 8.24. The van der Waals surface area contributed by atoms with E-state index in [1.54, 1.807) is 0 Å². The molecule has 38 heavy (non-hydrogen) atoms. The number of fused-ring (bicyclic) bond motifs is 3. The van der Waals surface area contributed by atoms with E-state index in [0.29, 0.717) is 0 Å². The number of benzene rings is 3. The Balaban J connectivity index is 1.25. The average molecular weight is 487 g/mol. The molecule has 0 N–H and O–H groups in total. The van der Waals surface area contributed by atoms with Gasteiger partial charge in [-0.2, -0.15) is 0 Å². The van der Waals surface area contributed by atoms with E-state index < -0.39 is 0 Å². The highest BCUT2D eigenvalue weighted by Gasteiger charge is 2.10. The topological polar surface area (TPSA) is 51.6 Å². The van der Waals surface area contributed by atoms with Crippen LogP contribution in [0.25, 0.3) is 66.6 Å². The Labute approximate surface area is 220 Å². The number of rotatable bonds is 4. The minimum Gasteiger partial charge on any atom is -0.256 e. The largest absolute Gasteiger partial charge is 0.256 e. The van der Waals surface area contributed by atoms with Crippen LogP contribution in [-0.2, 0) is 0 Å². The molecule has 0 aliphatic heterocycles. The van der Waals surface area contributed by atoms with Crippen LogP contribution >= 0.6 is 0 Å². The van der Waals surface area contributed by atoms with E-state index >= 15 is 0 Å². The second-order valence-electron chi connectivity index (χ2n) is 9.25. The van der Waals surface area contributed by atoms with Crippen LogP contribution in [0.4, 0.5) is 0 Å². The predicted molar refractivity (Wildman–Crippen MR) is 154 cm³/mol. The summed E-state index contributed by atoms with van der Waals surface area (Å²) in [5.74, 6) is 0. The van der Waals surface area contributed by atoms with E-state index in [1.165, 1.54) is 11.1 Å². The quantitative estimate of drug-likeness (QED) is 0.235. The Bertz CT molecular complexity index is 1770. The first kappa shape index (κ1) is 22.0. The molecule has 0 radical (unpaired) electrons. The first-order valence-corrected chi connectivity index (χ1v) is 12.5. The van der Waals surface area contributed by atoms with Crippen LogP contribution in [0.15, 0.2) is 134 Å². The lowest BCUT2D eigenvalue weighted by Gasteiger charge is -2.09. The Kier molecular flexibility index (Phi) is 5.41. The molecule has 4 heterocycles. The van der Waals surface area contributed by atoms with Gasteiger partial charge in [-0.15, -0.1) is 0 Å². The van der Waals surface area contributed by atoms with E-state index in [1.807, 2.05) is 73.3 Å². The fourth-order valence-corrected chi connectivity index (χ4v) is 4.87. The molecule has 0 aliphatic rings. The molecule has 0 fully saturated rings. The smallest absolute Gasteiger partial charge is 0.0965 e. The van der Waals surface area contributed by atoms with E-state index in [4.69, 9.17) is 9.97 Å². The van der Waals surface area contributed by atoms with Crippen LogP contribution in [0, 0.1) is 0 Å². The maximum Gasteiger partial charge on any atom is 0.0965 e. The Morgan fingerprint density at radius 1 is 0.342 bits per heavy atom. The van der Waals surface area contributed by atoms with E-state index in [9.17, 15) is 0 Å². The number of pyridine rings is 4. The summed E-state index contributed by atoms with van der Waals surface area (Å²) in [5.41, 5.74) is 10.1. The summed E-state index contributed by atoms with van der Waals surface area (Å²) in [6.07, 6.45) is 7.48. The second kappa shape index (κ2) is 9.34. The first-order valence-electron chi connectivity index (χ1n) is 12.5. The maximum absolute atomic E-state index is 4.83. The molecule has 4 heteroatoms. The molecular formula is C34H22N4. The van der Waals surface area contributed by atoms with Crippen molar-refractivity contribution in [1.82, 2.24) is 19.9 Å². The van der Waals surface area contributed by atoms with Crippen molar-refractivity contribution in [3.8, 4) is 44.8 Å². The van der Waals surface area contributed by atoms with Crippen molar-refractivity contribution in [2.45, 2.75) is 0 Å². The average Bonchev–Trinajstić information content (AvgIpc) is 3.01. The molecule has 0 unspecified atom stereocenters. The van der Waals surface area contributed by atoms with Crippen LogP contribution in [0.3, 0.4) is 0 Å². The van der Waals surface area contributed by atoms with Crippen LogP contribution in [0.5, 0.6) is 0 Å². The monoisotopic (exact) mass is 486 g/mol. The van der Waals surface area contributed by atoms with Gasteiger partial charge in [-0.3, -0.25) is 19.9 Å². The molecule has 0 saturated heterocycles. The summed E-state index contributed by atoms with van der Waals surface area (Å²) in [4.78, 5) is 18.9. The highest BCUT2D eigenvalue weighted by Crippen LogP contribution is 2.31. The summed E-state index contributed by atoms with van der Waals surface area (Å²) < 4.78 is 0. The Morgan fingerprint density at radius 2 is 0.789 bits per heavy atom. The van der Waals surface area contributed by atoms with Gasteiger partial charge in [0.2, 0.25) is 0 Å². The van der Waals surface area contributed by atoms with Crippen LogP contribution in [-0.4, -0.2) is 19.9 Å². The van der Waals surface area contributed by atoms with Crippen molar-refractivity contribution < 1.29 is 0 Å². The zero-order chi connectivity index (χ0) is 25.3. The molecule has 4 nitrogen and oxygen atoms in total. The van der Waals surface area contributed by atoms with Crippen molar-refractivity contribution >= 4 is 21.8 Å². The Hall–Kier alpha value is -5.22. The van der Waals surface area contributed by atoms with Crippen molar-refractivity contribution in [1.29, 1.82) is 0 Å². The zero-order valence-corrected chi connectivity index (χ0v) is 20.5. The van der Waals surface area contributed by atoms with Crippen molar-refractivity contribution in [2.24, 2.45) is 0 Å². The lowest BCUT2D eigenvalue weighted by atomic mass is 10.0.